The Balaban J connectivity index is 1.91. The molecule has 2 atom stereocenters. The van der Waals surface area contributed by atoms with E-state index in [2.05, 4.69) is 10.3 Å². The molecule has 1 aromatic carbocycles. The van der Waals surface area contributed by atoms with Crippen LogP contribution >= 0.6 is 11.6 Å². The van der Waals surface area contributed by atoms with E-state index in [1.165, 1.54) is 12.5 Å². The lowest BCUT2D eigenvalue weighted by atomic mass is 10.0. The second kappa shape index (κ2) is 5.99. The molecule has 3 rings (SSSR count). The number of nitrogens with one attached hydrogen (secondary N) is 1. The van der Waals surface area contributed by atoms with Crippen molar-refractivity contribution in [3.63, 3.8) is 0 Å². The van der Waals surface area contributed by atoms with Crippen LogP contribution in [0.1, 0.15) is 18.4 Å². The van der Waals surface area contributed by atoms with Gasteiger partial charge in [-0.15, -0.1) is 0 Å². The molecule has 0 radical (unpaired) electrons. The van der Waals surface area contributed by atoms with Crippen molar-refractivity contribution in [1.82, 2.24) is 10.3 Å². The number of hydrogen-bond acceptors (Lipinski definition) is 4. The zero-order chi connectivity index (χ0) is 14.8. The predicted molar refractivity (Wildman–Crippen MR) is 72.2 cm³/mol. The summed E-state index contributed by atoms with van der Waals surface area (Å²) in [7, 11) is 0. The Morgan fingerprint density at radius 2 is 2.14 bits per heavy atom. The number of benzene rings is 1. The second-order valence-corrected chi connectivity index (χ2v) is 5.30. The third kappa shape index (κ3) is 3.01. The van der Waals surface area contributed by atoms with Crippen LogP contribution in [0.3, 0.4) is 0 Å². The molecule has 112 valence electrons. The van der Waals surface area contributed by atoms with E-state index in [-0.39, 0.29) is 10.9 Å². The summed E-state index contributed by atoms with van der Waals surface area (Å²) in [5.74, 6) is -1.82. The summed E-state index contributed by atoms with van der Waals surface area (Å²) < 4.78 is 38.6. The van der Waals surface area contributed by atoms with Gasteiger partial charge in [0.05, 0.1) is 6.20 Å². The van der Waals surface area contributed by atoms with Gasteiger partial charge in [0.15, 0.2) is 23.5 Å². The highest BCUT2D eigenvalue weighted by Gasteiger charge is 2.32. The molecule has 4 nitrogen and oxygen atoms in total. The van der Waals surface area contributed by atoms with Crippen LogP contribution in [0.5, 0.6) is 5.75 Å². The van der Waals surface area contributed by atoms with Crippen LogP contribution < -0.4 is 10.1 Å². The van der Waals surface area contributed by atoms with Gasteiger partial charge in [-0.25, -0.2) is 13.8 Å². The summed E-state index contributed by atoms with van der Waals surface area (Å²) in [5, 5.41) is 3.16. The molecule has 1 unspecified atom stereocenters. The summed E-state index contributed by atoms with van der Waals surface area (Å²) in [6, 6.07) is 2.03. The Morgan fingerprint density at radius 1 is 1.38 bits per heavy atom. The van der Waals surface area contributed by atoms with Crippen LogP contribution in [0.4, 0.5) is 8.78 Å². The smallest absolute Gasteiger partial charge is 0.235 e. The van der Waals surface area contributed by atoms with E-state index in [9.17, 15) is 8.78 Å². The SMILES string of the molecule is Fc1cc(Cl)cc(F)c1OC(c1ncco1)[C@H]1CCNC1. The minimum absolute atomic E-state index is 0.0208. The first kappa shape index (κ1) is 14.3. The third-order valence-corrected chi connectivity index (χ3v) is 3.65. The summed E-state index contributed by atoms with van der Waals surface area (Å²) in [6.45, 7) is 1.49. The van der Waals surface area contributed by atoms with Crippen LogP contribution in [0.25, 0.3) is 0 Å². The van der Waals surface area contributed by atoms with Crippen molar-refractivity contribution in [2.75, 3.05) is 13.1 Å². The molecule has 0 bridgehead atoms. The molecule has 7 heteroatoms. The lowest BCUT2D eigenvalue weighted by molar-refractivity contribution is 0.104. The quantitative estimate of drug-likeness (QED) is 0.940. The molecular formula is C14H13ClF2N2O2. The Kier molecular flexibility index (Phi) is 4.07. The third-order valence-electron chi connectivity index (χ3n) is 3.43. The molecule has 1 aliphatic heterocycles. The van der Waals surface area contributed by atoms with Gasteiger partial charge in [-0.3, -0.25) is 0 Å². The van der Waals surface area contributed by atoms with Crippen molar-refractivity contribution in [2.45, 2.75) is 12.5 Å². The van der Waals surface area contributed by atoms with Crippen LogP contribution in [0.2, 0.25) is 5.02 Å². The van der Waals surface area contributed by atoms with E-state index in [4.69, 9.17) is 20.8 Å². The largest absolute Gasteiger partial charge is 0.474 e. The number of oxazole rings is 1. The zero-order valence-electron chi connectivity index (χ0n) is 11.0. The minimum Gasteiger partial charge on any atom is -0.474 e. The highest BCUT2D eigenvalue weighted by molar-refractivity contribution is 6.30. The first-order valence-electron chi connectivity index (χ1n) is 6.56. The van der Waals surface area contributed by atoms with Gasteiger partial charge in [0.25, 0.3) is 0 Å². The molecule has 1 fully saturated rings. The molecule has 21 heavy (non-hydrogen) atoms. The van der Waals surface area contributed by atoms with Crippen LogP contribution in [0.15, 0.2) is 29.0 Å². The second-order valence-electron chi connectivity index (χ2n) is 4.86. The summed E-state index contributed by atoms with van der Waals surface area (Å²) in [5.41, 5.74) is 0. The van der Waals surface area contributed by atoms with Crippen molar-refractivity contribution in [3.05, 3.63) is 47.1 Å². The van der Waals surface area contributed by atoms with E-state index in [0.29, 0.717) is 12.4 Å². The van der Waals surface area contributed by atoms with Crippen molar-refractivity contribution >= 4 is 11.6 Å². The molecule has 2 aromatic rings. The maximum Gasteiger partial charge on any atom is 0.235 e. The maximum atomic E-state index is 13.9. The van der Waals surface area contributed by atoms with Crippen molar-refractivity contribution in [3.8, 4) is 5.75 Å². The molecule has 1 aliphatic rings. The Bertz CT molecular complexity index is 592. The Morgan fingerprint density at radius 3 is 2.71 bits per heavy atom. The van der Waals surface area contributed by atoms with Gasteiger partial charge in [0, 0.05) is 17.5 Å². The van der Waals surface area contributed by atoms with Crippen LogP contribution in [-0.2, 0) is 0 Å². The standard InChI is InChI=1S/C14H13ClF2N2O2/c15-9-5-10(16)13(11(17)6-9)21-12(8-1-2-18-7-8)14-19-3-4-20-14/h3-6,8,12,18H,1-2,7H2/t8-,12?/m0/s1. The Labute approximate surface area is 125 Å². The van der Waals surface area contributed by atoms with Gasteiger partial charge in [0.1, 0.15) is 6.26 Å². The van der Waals surface area contributed by atoms with Crippen molar-refractivity contribution in [2.24, 2.45) is 5.92 Å². The monoisotopic (exact) mass is 314 g/mol. The summed E-state index contributed by atoms with van der Waals surface area (Å²) in [6.07, 6.45) is 3.04. The minimum atomic E-state index is -0.845. The number of nitrogens with zero attached hydrogens (tertiary/aromatic N) is 1. The molecule has 0 amide bonds. The molecule has 0 saturated carbocycles. The van der Waals surface area contributed by atoms with E-state index < -0.39 is 23.5 Å². The summed E-state index contributed by atoms with van der Waals surface area (Å²) >= 11 is 5.61. The van der Waals surface area contributed by atoms with Crippen molar-refractivity contribution in [1.29, 1.82) is 0 Å². The lowest BCUT2D eigenvalue weighted by Gasteiger charge is -2.22. The van der Waals surface area contributed by atoms with Gasteiger partial charge in [-0.1, -0.05) is 11.6 Å². The molecule has 1 aromatic heterocycles. The molecule has 0 aliphatic carbocycles. The average molecular weight is 315 g/mol. The Hall–Kier alpha value is -1.66. The molecule has 2 heterocycles. The number of halogens is 3. The fraction of sp³-hybridized carbons (Fsp3) is 0.357. The molecule has 1 N–H and O–H groups in total. The van der Waals surface area contributed by atoms with E-state index >= 15 is 0 Å². The van der Waals surface area contributed by atoms with E-state index in [0.717, 1.165) is 25.1 Å². The first-order valence-corrected chi connectivity index (χ1v) is 6.94. The number of hydrogen-bond donors (Lipinski definition) is 1. The van der Waals surface area contributed by atoms with E-state index in [1.54, 1.807) is 0 Å². The molecule has 1 saturated heterocycles. The fourth-order valence-corrected chi connectivity index (χ4v) is 2.62. The number of aromatic nitrogens is 1. The van der Waals surface area contributed by atoms with E-state index in [1.807, 2.05) is 0 Å². The molecular weight excluding hydrogens is 302 g/mol. The maximum absolute atomic E-state index is 13.9. The number of rotatable bonds is 4. The van der Waals surface area contributed by atoms with Gasteiger partial charge < -0.3 is 14.5 Å². The van der Waals surface area contributed by atoms with Gasteiger partial charge in [-0.2, -0.15) is 0 Å². The predicted octanol–water partition coefficient (Wildman–Crippen LogP) is 3.34. The van der Waals surface area contributed by atoms with Gasteiger partial charge in [-0.05, 0) is 25.1 Å². The van der Waals surface area contributed by atoms with Crippen LogP contribution in [0, 0.1) is 17.6 Å². The molecule has 0 spiro atoms. The summed E-state index contributed by atoms with van der Waals surface area (Å²) in [4.78, 5) is 4.04. The van der Waals surface area contributed by atoms with Crippen LogP contribution in [-0.4, -0.2) is 18.1 Å². The lowest BCUT2D eigenvalue weighted by Crippen LogP contribution is -2.22. The zero-order valence-corrected chi connectivity index (χ0v) is 11.7. The van der Waals surface area contributed by atoms with Gasteiger partial charge in [0.2, 0.25) is 5.89 Å². The highest BCUT2D eigenvalue weighted by atomic mass is 35.5. The van der Waals surface area contributed by atoms with Crippen molar-refractivity contribution < 1.29 is 17.9 Å². The van der Waals surface area contributed by atoms with Gasteiger partial charge >= 0.3 is 0 Å². The topological polar surface area (TPSA) is 47.3 Å². The fourth-order valence-electron chi connectivity index (χ4n) is 2.43. The highest BCUT2D eigenvalue weighted by Crippen LogP contribution is 2.34. The number of ether oxygens (including phenoxy) is 1. The first-order chi connectivity index (χ1) is 10.1. The average Bonchev–Trinajstić information content (AvgIpc) is 3.11. The normalized spacial score (nSPS) is 19.7.